The van der Waals surface area contributed by atoms with Crippen LogP contribution in [-0.2, 0) is 16.0 Å². The molecule has 0 fully saturated rings. The molecule has 2 heteroatoms. The molecular formula is C13H16O2. The van der Waals surface area contributed by atoms with Crippen LogP contribution in [0, 0.1) is 5.92 Å². The Morgan fingerprint density at radius 1 is 1.13 bits per heavy atom. The number of benzene rings is 1. The fraction of sp³-hybridized carbons (Fsp3) is 0.385. The van der Waals surface area contributed by atoms with Crippen LogP contribution in [-0.4, -0.2) is 11.6 Å². The van der Waals surface area contributed by atoms with Gasteiger partial charge in [0.05, 0.1) is 5.92 Å². The minimum absolute atomic E-state index is 0.00745. The van der Waals surface area contributed by atoms with Crippen LogP contribution in [0.25, 0.3) is 0 Å². The first-order valence-corrected chi connectivity index (χ1v) is 5.24. The molecule has 0 saturated carbocycles. The van der Waals surface area contributed by atoms with E-state index in [2.05, 4.69) is 0 Å². The van der Waals surface area contributed by atoms with Crippen molar-refractivity contribution in [3.63, 3.8) is 0 Å². The molecule has 0 heterocycles. The fourth-order valence-corrected chi connectivity index (χ4v) is 1.44. The Hall–Kier alpha value is -1.44. The minimum Gasteiger partial charge on any atom is -0.299 e. The van der Waals surface area contributed by atoms with Gasteiger partial charge < -0.3 is 0 Å². The van der Waals surface area contributed by atoms with Gasteiger partial charge in [0.2, 0.25) is 0 Å². The third-order valence-corrected chi connectivity index (χ3v) is 2.54. The Bertz CT molecular complexity index is 341. The first kappa shape index (κ1) is 11.6. The monoisotopic (exact) mass is 204 g/mol. The van der Waals surface area contributed by atoms with Gasteiger partial charge in [0.1, 0.15) is 11.6 Å². The SMILES string of the molecule is CCC(=O)C(C)C(=O)Cc1ccccc1. The molecule has 1 atom stereocenters. The second-order valence-corrected chi connectivity index (χ2v) is 3.67. The zero-order valence-electron chi connectivity index (χ0n) is 9.19. The summed E-state index contributed by atoms with van der Waals surface area (Å²) in [7, 11) is 0. The van der Waals surface area contributed by atoms with Crippen LogP contribution in [0.2, 0.25) is 0 Å². The van der Waals surface area contributed by atoms with Gasteiger partial charge in [-0.1, -0.05) is 37.3 Å². The van der Waals surface area contributed by atoms with E-state index in [0.29, 0.717) is 12.8 Å². The third kappa shape index (κ3) is 3.31. The average Bonchev–Trinajstić information content (AvgIpc) is 2.28. The van der Waals surface area contributed by atoms with E-state index < -0.39 is 5.92 Å². The molecule has 1 aromatic rings. The van der Waals surface area contributed by atoms with Gasteiger partial charge in [-0.15, -0.1) is 0 Å². The van der Waals surface area contributed by atoms with Crippen molar-refractivity contribution in [1.82, 2.24) is 0 Å². The van der Waals surface area contributed by atoms with Gasteiger partial charge in [-0.25, -0.2) is 0 Å². The Labute approximate surface area is 90.3 Å². The topological polar surface area (TPSA) is 34.1 Å². The number of carbonyl (C=O) groups excluding carboxylic acids is 2. The summed E-state index contributed by atoms with van der Waals surface area (Å²) in [5.74, 6) is -0.431. The lowest BCUT2D eigenvalue weighted by Crippen LogP contribution is -2.21. The van der Waals surface area contributed by atoms with E-state index in [1.807, 2.05) is 30.3 Å². The number of hydrogen-bond donors (Lipinski definition) is 0. The molecule has 0 aliphatic heterocycles. The van der Waals surface area contributed by atoms with Crippen LogP contribution in [0.4, 0.5) is 0 Å². The van der Waals surface area contributed by atoms with Crippen molar-refractivity contribution in [3.05, 3.63) is 35.9 Å². The maximum absolute atomic E-state index is 11.7. The largest absolute Gasteiger partial charge is 0.299 e. The maximum Gasteiger partial charge on any atom is 0.147 e. The third-order valence-electron chi connectivity index (χ3n) is 2.54. The Morgan fingerprint density at radius 2 is 1.73 bits per heavy atom. The molecule has 0 radical (unpaired) electrons. The van der Waals surface area contributed by atoms with E-state index in [9.17, 15) is 9.59 Å². The van der Waals surface area contributed by atoms with Crippen molar-refractivity contribution in [1.29, 1.82) is 0 Å². The van der Waals surface area contributed by atoms with Crippen molar-refractivity contribution in [3.8, 4) is 0 Å². The normalized spacial score (nSPS) is 12.1. The number of Topliss-reactive ketones (excluding diaryl/α,β-unsaturated/α-hetero) is 2. The van der Waals surface area contributed by atoms with Crippen molar-refractivity contribution in [2.45, 2.75) is 26.7 Å². The molecule has 0 spiro atoms. The van der Waals surface area contributed by atoms with Crippen LogP contribution >= 0.6 is 0 Å². The van der Waals surface area contributed by atoms with E-state index in [-0.39, 0.29) is 11.6 Å². The van der Waals surface area contributed by atoms with Crippen molar-refractivity contribution < 1.29 is 9.59 Å². The van der Waals surface area contributed by atoms with Gasteiger partial charge in [0, 0.05) is 12.8 Å². The molecule has 0 aliphatic rings. The van der Waals surface area contributed by atoms with Gasteiger partial charge >= 0.3 is 0 Å². The number of hydrogen-bond acceptors (Lipinski definition) is 2. The highest BCUT2D eigenvalue weighted by Gasteiger charge is 2.19. The van der Waals surface area contributed by atoms with Crippen LogP contribution in [0.5, 0.6) is 0 Å². The van der Waals surface area contributed by atoms with Crippen LogP contribution in [0.1, 0.15) is 25.8 Å². The molecule has 1 aromatic carbocycles. The molecule has 1 rings (SSSR count). The molecule has 0 bridgehead atoms. The van der Waals surface area contributed by atoms with Gasteiger partial charge in [0.15, 0.2) is 0 Å². The molecule has 0 saturated heterocycles. The summed E-state index contributed by atoms with van der Waals surface area (Å²) in [6.45, 7) is 3.48. The summed E-state index contributed by atoms with van der Waals surface area (Å²) in [4.78, 5) is 23.0. The van der Waals surface area contributed by atoms with Crippen molar-refractivity contribution >= 4 is 11.6 Å². The van der Waals surface area contributed by atoms with Gasteiger partial charge in [0.25, 0.3) is 0 Å². The Balaban J connectivity index is 2.60. The molecule has 2 nitrogen and oxygen atoms in total. The number of rotatable bonds is 5. The average molecular weight is 204 g/mol. The van der Waals surface area contributed by atoms with E-state index in [0.717, 1.165) is 5.56 Å². The fourth-order valence-electron chi connectivity index (χ4n) is 1.44. The van der Waals surface area contributed by atoms with Crippen molar-refractivity contribution in [2.75, 3.05) is 0 Å². The first-order valence-electron chi connectivity index (χ1n) is 5.24. The highest BCUT2D eigenvalue weighted by atomic mass is 16.1. The summed E-state index contributed by atoms with van der Waals surface area (Å²) >= 11 is 0. The van der Waals surface area contributed by atoms with E-state index >= 15 is 0 Å². The summed E-state index contributed by atoms with van der Waals surface area (Å²) in [6, 6.07) is 9.51. The second-order valence-electron chi connectivity index (χ2n) is 3.67. The molecular weight excluding hydrogens is 188 g/mol. The zero-order valence-corrected chi connectivity index (χ0v) is 9.19. The van der Waals surface area contributed by atoms with E-state index in [1.165, 1.54) is 0 Å². The lowest BCUT2D eigenvalue weighted by atomic mass is 9.95. The molecule has 1 unspecified atom stereocenters. The first-order chi connectivity index (χ1) is 7.15. The smallest absolute Gasteiger partial charge is 0.147 e. The predicted octanol–water partition coefficient (Wildman–Crippen LogP) is 2.41. The molecule has 0 N–H and O–H groups in total. The number of ketones is 2. The predicted molar refractivity (Wildman–Crippen MR) is 59.6 cm³/mol. The Morgan fingerprint density at radius 3 is 2.27 bits per heavy atom. The lowest BCUT2D eigenvalue weighted by molar-refractivity contribution is -0.131. The van der Waals surface area contributed by atoms with E-state index in [1.54, 1.807) is 13.8 Å². The summed E-state index contributed by atoms with van der Waals surface area (Å²) in [5.41, 5.74) is 0.971. The van der Waals surface area contributed by atoms with Crippen LogP contribution < -0.4 is 0 Å². The second kappa shape index (κ2) is 5.44. The molecule has 80 valence electrons. The van der Waals surface area contributed by atoms with Crippen molar-refractivity contribution in [2.24, 2.45) is 5.92 Å². The van der Waals surface area contributed by atoms with Crippen LogP contribution in [0.3, 0.4) is 0 Å². The van der Waals surface area contributed by atoms with Gasteiger partial charge in [-0.3, -0.25) is 9.59 Å². The molecule has 15 heavy (non-hydrogen) atoms. The maximum atomic E-state index is 11.7. The van der Waals surface area contributed by atoms with Crippen LogP contribution in [0.15, 0.2) is 30.3 Å². The van der Waals surface area contributed by atoms with E-state index in [4.69, 9.17) is 0 Å². The molecule has 0 aliphatic carbocycles. The van der Waals surface area contributed by atoms with Gasteiger partial charge in [-0.05, 0) is 12.5 Å². The molecule has 0 aromatic heterocycles. The highest BCUT2D eigenvalue weighted by Crippen LogP contribution is 2.08. The zero-order chi connectivity index (χ0) is 11.3. The Kier molecular flexibility index (Phi) is 4.22. The minimum atomic E-state index is -0.463. The highest BCUT2D eigenvalue weighted by molar-refractivity contribution is 6.02. The molecule has 0 amide bonds. The standard InChI is InChI=1S/C13H16O2/c1-3-12(14)10(2)13(15)9-11-7-5-4-6-8-11/h4-8,10H,3,9H2,1-2H3. The quantitative estimate of drug-likeness (QED) is 0.690. The summed E-state index contributed by atoms with van der Waals surface area (Å²) < 4.78 is 0. The lowest BCUT2D eigenvalue weighted by Gasteiger charge is -2.07. The summed E-state index contributed by atoms with van der Waals surface area (Å²) in [5, 5.41) is 0. The number of carbonyl (C=O) groups is 2. The summed E-state index contributed by atoms with van der Waals surface area (Å²) in [6.07, 6.45) is 0.787. The van der Waals surface area contributed by atoms with Gasteiger partial charge in [-0.2, -0.15) is 0 Å².